The summed E-state index contributed by atoms with van der Waals surface area (Å²) in [4.78, 5) is 25.9. The van der Waals surface area contributed by atoms with Crippen LogP contribution in [0.25, 0.3) is 0 Å². The number of rotatable bonds is 5. The lowest BCUT2D eigenvalue weighted by atomic mass is 10.1. The van der Waals surface area contributed by atoms with Gasteiger partial charge in [-0.05, 0) is 48.9 Å². The molecule has 0 atom stereocenters. The van der Waals surface area contributed by atoms with Crippen molar-refractivity contribution in [3.8, 4) is 6.07 Å². The van der Waals surface area contributed by atoms with E-state index in [0.29, 0.717) is 25.1 Å². The topological polar surface area (TPSA) is 117 Å². The number of esters is 2. The number of carbonyl (C=O) groups is 2. The molecular weight excluding hydrogens is 434 g/mol. The Bertz CT molecular complexity index is 1160. The van der Waals surface area contributed by atoms with Crippen LogP contribution in [0.4, 0.5) is 5.69 Å². The predicted molar refractivity (Wildman–Crippen MR) is 116 cm³/mol. The van der Waals surface area contributed by atoms with Crippen molar-refractivity contribution in [3.05, 3.63) is 59.2 Å². The summed E-state index contributed by atoms with van der Waals surface area (Å²) in [6, 6.07) is 12.9. The van der Waals surface area contributed by atoms with E-state index in [-0.39, 0.29) is 29.1 Å². The first-order chi connectivity index (χ1) is 15.3. The van der Waals surface area contributed by atoms with Crippen molar-refractivity contribution in [2.45, 2.75) is 11.3 Å². The third-order valence-corrected chi connectivity index (χ3v) is 7.18. The molecule has 1 aliphatic rings. The van der Waals surface area contributed by atoms with Gasteiger partial charge in [-0.25, -0.2) is 18.0 Å². The molecule has 0 N–H and O–H groups in total. The molecule has 1 heterocycles. The Morgan fingerprint density at radius 1 is 0.938 bits per heavy atom. The van der Waals surface area contributed by atoms with Gasteiger partial charge in [0.15, 0.2) is 0 Å². The van der Waals surface area contributed by atoms with Crippen LogP contribution < -0.4 is 4.90 Å². The fourth-order valence-corrected chi connectivity index (χ4v) is 5.21. The lowest BCUT2D eigenvalue weighted by Crippen LogP contribution is -2.36. The van der Waals surface area contributed by atoms with Gasteiger partial charge in [-0.15, -0.1) is 0 Å². The van der Waals surface area contributed by atoms with Gasteiger partial charge in [0.25, 0.3) is 0 Å². The summed E-state index contributed by atoms with van der Waals surface area (Å²) in [5.41, 5.74) is 1.32. The standard InChI is InChI=1S/C22H23N3O6S/c1-30-21(26)17-6-9-19(22(27)31-2)20(14-17)32(28,29)25-11-3-10-24(12-13-25)18-7-4-16(15-23)5-8-18/h4-9,14H,3,10-13H2,1-2H3. The Kier molecular flexibility index (Phi) is 7.12. The average molecular weight is 458 g/mol. The van der Waals surface area contributed by atoms with Crippen molar-refractivity contribution in [1.29, 1.82) is 5.26 Å². The van der Waals surface area contributed by atoms with Crippen molar-refractivity contribution in [2.75, 3.05) is 45.3 Å². The molecule has 2 aromatic rings. The van der Waals surface area contributed by atoms with E-state index in [1.54, 1.807) is 12.1 Å². The summed E-state index contributed by atoms with van der Waals surface area (Å²) < 4.78 is 37.7. The molecule has 0 saturated carbocycles. The molecule has 168 valence electrons. The summed E-state index contributed by atoms with van der Waals surface area (Å²) in [6.45, 7) is 1.49. The highest BCUT2D eigenvalue weighted by Gasteiger charge is 2.32. The van der Waals surface area contributed by atoms with Crippen LogP contribution in [0.15, 0.2) is 47.4 Å². The molecule has 1 fully saturated rings. The summed E-state index contributed by atoms with van der Waals surface area (Å²) in [5, 5.41) is 8.97. The van der Waals surface area contributed by atoms with Gasteiger partial charge in [0.2, 0.25) is 10.0 Å². The first-order valence-electron chi connectivity index (χ1n) is 9.87. The van der Waals surface area contributed by atoms with Crippen LogP contribution in [-0.4, -0.2) is 65.1 Å². The third-order valence-electron chi connectivity index (χ3n) is 5.24. The molecule has 0 radical (unpaired) electrons. The van der Waals surface area contributed by atoms with Gasteiger partial charge in [0, 0.05) is 31.9 Å². The molecule has 2 aromatic carbocycles. The van der Waals surface area contributed by atoms with Crippen molar-refractivity contribution in [2.24, 2.45) is 0 Å². The van der Waals surface area contributed by atoms with Crippen molar-refractivity contribution >= 4 is 27.6 Å². The zero-order chi connectivity index (χ0) is 23.3. The van der Waals surface area contributed by atoms with Gasteiger partial charge in [-0.3, -0.25) is 0 Å². The number of benzene rings is 2. The van der Waals surface area contributed by atoms with E-state index in [1.807, 2.05) is 17.0 Å². The van der Waals surface area contributed by atoms with E-state index in [9.17, 15) is 18.0 Å². The Labute approximate surface area is 186 Å². The van der Waals surface area contributed by atoms with Crippen LogP contribution in [0, 0.1) is 11.3 Å². The third kappa shape index (κ3) is 4.74. The molecule has 0 aliphatic carbocycles. The highest BCUT2D eigenvalue weighted by Crippen LogP contribution is 2.25. The quantitative estimate of drug-likeness (QED) is 0.626. The highest BCUT2D eigenvalue weighted by molar-refractivity contribution is 7.89. The number of anilines is 1. The first-order valence-corrected chi connectivity index (χ1v) is 11.3. The van der Waals surface area contributed by atoms with E-state index in [0.717, 1.165) is 18.9 Å². The first kappa shape index (κ1) is 23.2. The highest BCUT2D eigenvalue weighted by atomic mass is 32.2. The van der Waals surface area contributed by atoms with E-state index >= 15 is 0 Å². The number of hydrogen-bond donors (Lipinski definition) is 0. The number of ether oxygens (including phenoxy) is 2. The molecule has 9 nitrogen and oxygen atoms in total. The number of nitrogens with zero attached hydrogens (tertiary/aromatic N) is 3. The smallest absolute Gasteiger partial charge is 0.339 e. The Morgan fingerprint density at radius 3 is 2.25 bits per heavy atom. The van der Waals surface area contributed by atoms with Gasteiger partial charge in [0.1, 0.15) is 0 Å². The van der Waals surface area contributed by atoms with E-state index in [1.165, 1.54) is 23.5 Å². The lowest BCUT2D eigenvalue weighted by Gasteiger charge is -2.24. The van der Waals surface area contributed by atoms with Gasteiger partial charge in [-0.1, -0.05) is 0 Å². The Hall–Kier alpha value is -3.42. The van der Waals surface area contributed by atoms with E-state index < -0.39 is 22.0 Å². The van der Waals surface area contributed by atoms with E-state index in [4.69, 9.17) is 10.00 Å². The van der Waals surface area contributed by atoms with Crippen LogP contribution in [0.2, 0.25) is 0 Å². The van der Waals surface area contributed by atoms with Crippen LogP contribution in [0.1, 0.15) is 32.7 Å². The zero-order valence-corrected chi connectivity index (χ0v) is 18.6. The molecule has 0 unspecified atom stereocenters. The molecule has 0 bridgehead atoms. The van der Waals surface area contributed by atoms with Crippen molar-refractivity contribution in [1.82, 2.24) is 4.31 Å². The number of carbonyl (C=O) groups excluding carboxylic acids is 2. The number of methoxy groups -OCH3 is 2. The second kappa shape index (κ2) is 9.80. The van der Waals surface area contributed by atoms with Crippen LogP contribution >= 0.6 is 0 Å². The number of sulfonamides is 1. The Morgan fingerprint density at radius 2 is 1.62 bits per heavy atom. The van der Waals surface area contributed by atoms with Gasteiger partial charge >= 0.3 is 11.9 Å². The maximum absolute atomic E-state index is 13.5. The minimum atomic E-state index is -4.10. The summed E-state index contributed by atoms with van der Waals surface area (Å²) in [5.74, 6) is -1.52. The monoisotopic (exact) mass is 457 g/mol. The summed E-state index contributed by atoms with van der Waals surface area (Å²) in [7, 11) is -1.74. The van der Waals surface area contributed by atoms with Crippen molar-refractivity contribution < 1.29 is 27.5 Å². The maximum atomic E-state index is 13.5. The molecule has 1 saturated heterocycles. The molecular formula is C22H23N3O6S. The van der Waals surface area contributed by atoms with Crippen molar-refractivity contribution in [3.63, 3.8) is 0 Å². The number of nitriles is 1. The second-order valence-corrected chi connectivity index (χ2v) is 9.00. The fourth-order valence-electron chi connectivity index (χ4n) is 3.54. The van der Waals surface area contributed by atoms with Crippen LogP contribution in [0.5, 0.6) is 0 Å². The second-order valence-electron chi connectivity index (χ2n) is 7.10. The van der Waals surface area contributed by atoms with E-state index in [2.05, 4.69) is 10.8 Å². The average Bonchev–Trinajstić information content (AvgIpc) is 3.09. The fraction of sp³-hybridized carbons (Fsp3) is 0.318. The molecule has 10 heteroatoms. The molecule has 0 spiro atoms. The maximum Gasteiger partial charge on any atom is 0.339 e. The lowest BCUT2D eigenvalue weighted by molar-refractivity contribution is 0.0583. The molecule has 0 aromatic heterocycles. The van der Waals surface area contributed by atoms with Gasteiger partial charge < -0.3 is 14.4 Å². The Balaban J connectivity index is 1.91. The minimum absolute atomic E-state index is 0.0211. The molecule has 3 rings (SSSR count). The van der Waals surface area contributed by atoms with Gasteiger partial charge in [-0.2, -0.15) is 9.57 Å². The largest absolute Gasteiger partial charge is 0.465 e. The normalized spacial score (nSPS) is 14.8. The van der Waals surface area contributed by atoms with Crippen LogP contribution in [-0.2, 0) is 19.5 Å². The van der Waals surface area contributed by atoms with Gasteiger partial charge in [0.05, 0.1) is 41.9 Å². The molecule has 32 heavy (non-hydrogen) atoms. The zero-order valence-electron chi connectivity index (χ0n) is 17.8. The minimum Gasteiger partial charge on any atom is -0.465 e. The predicted octanol–water partition coefficient (Wildman–Crippen LogP) is 2.03. The molecule has 0 amide bonds. The van der Waals surface area contributed by atoms with Crippen LogP contribution in [0.3, 0.4) is 0 Å². The molecule has 1 aliphatic heterocycles. The summed E-state index contributed by atoms with van der Waals surface area (Å²) in [6.07, 6.45) is 0.559. The SMILES string of the molecule is COC(=O)c1ccc(C(=O)OC)c(S(=O)(=O)N2CCCN(c3ccc(C#N)cc3)CC2)c1. The summed E-state index contributed by atoms with van der Waals surface area (Å²) >= 11 is 0. The number of hydrogen-bond acceptors (Lipinski definition) is 8.